The Hall–Kier alpha value is -3.02. The Kier molecular flexibility index (Phi) is 4.94. The van der Waals surface area contributed by atoms with Crippen molar-refractivity contribution in [3.05, 3.63) is 59.4 Å². The van der Waals surface area contributed by atoms with Gasteiger partial charge in [-0.15, -0.1) is 0 Å². The number of piperidine rings is 1. The largest absolute Gasteiger partial charge is 0.381 e. The second-order valence-corrected chi connectivity index (χ2v) is 7.70. The zero-order valence-electron chi connectivity index (χ0n) is 16.7. The minimum Gasteiger partial charge on any atom is -0.381 e. The average molecular weight is 377 g/mol. The van der Waals surface area contributed by atoms with Crippen LogP contribution in [-0.2, 0) is 7.05 Å². The summed E-state index contributed by atoms with van der Waals surface area (Å²) >= 11 is 0. The molecule has 1 aliphatic rings. The molecule has 1 fully saturated rings. The number of nitrogens with one attached hydrogen (secondary N) is 2. The lowest BCUT2D eigenvalue weighted by atomic mass is 10.0. The number of aromatic amines is 1. The number of H-pyrrole nitrogens is 1. The molecule has 1 atom stereocenters. The van der Waals surface area contributed by atoms with Crippen LogP contribution in [0.2, 0.25) is 0 Å². The summed E-state index contributed by atoms with van der Waals surface area (Å²) in [5.41, 5.74) is 6.01. The molecule has 146 valence electrons. The molecule has 2 aromatic heterocycles. The molecule has 0 spiro atoms. The molecule has 0 unspecified atom stereocenters. The minimum absolute atomic E-state index is 0.0135. The van der Waals surface area contributed by atoms with E-state index in [-0.39, 0.29) is 11.9 Å². The number of amides is 1. The van der Waals surface area contributed by atoms with Gasteiger partial charge in [0.25, 0.3) is 5.91 Å². The molecule has 0 aliphatic carbocycles. The zero-order chi connectivity index (χ0) is 19.7. The smallest absolute Gasteiger partial charge is 0.271 e. The van der Waals surface area contributed by atoms with E-state index in [1.165, 1.54) is 11.1 Å². The van der Waals surface area contributed by atoms with Crippen molar-refractivity contribution in [2.75, 3.05) is 18.4 Å². The normalized spacial score (nSPS) is 17.0. The number of carbonyl (C=O) groups is 1. The summed E-state index contributed by atoms with van der Waals surface area (Å²) in [7, 11) is 1.97. The van der Waals surface area contributed by atoms with Gasteiger partial charge in [-0.25, -0.2) is 0 Å². The highest BCUT2D eigenvalue weighted by Gasteiger charge is 2.26. The van der Waals surface area contributed by atoms with Gasteiger partial charge in [-0.3, -0.25) is 9.89 Å². The highest BCUT2D eigenvalue weighted by molar-refractivity contribution is 5.93. The maximum absolute atomic E-state index is 13.0. The van der Waals surface area contributed by atoms with Crippen molar-refractivity contribution in [2.45, 2.75) is 32.7 Å². The van der Waals surface area contributed by atoms with Crippen molar-refractivity contribution in [3.8, 4) is 11.4 Å². The molecule has 1 aliphatic heterocycles. The van der Waals surface area contributed by atoms with Crippen LogP contribution in [0.15, 0.2) is 42.6 Å². The Labute approximate surface area is 165 Å². The van der Waals surface area contributed by atoms with E-state index in [4.69, 9.17) is 0 Å². The molecule has 0 radical (unpaired) electrons. The van der Waals surface area contributed by atoms with Crippen molar-refractivity contribution in [3.63, 3.8) is 0 Å². The van der Waals surface area contributed by atoms with Crippen molar-refractivity contribution in [1.29, 1.82) is 0 Å². The molecule has 3 aromatic rings. The predicted octanol–water partition coefficient (Wildman–Crippen LogP) is 3.75. The highest BCUT2D eigenvalue weighted by atomic mass is 16.2. The van der Waals surface area contributed by atoms with E-state index < -0.39 is 0 Å². The maximum atomic E-state index is 13.0. The summed E-state index contributed by atoms with van der Waals surface area (Å²) in [5, 5.41) is 10.8. The van der Waals surface area contributed by atoms with Gasteiger partial charge >= 0.3 is 0 Å². The van der Waals surface area contributed by atoms with Crippen LogP contribution in [0, 0.1) is 13.8 Å². The first-order valence-corrected chi connectivity index (χ1v) is 9.81. The third kappa shape index (κ3) is 3.67. The fraction of sp³-hybridized carbons (Fsp3) is 0.364. The molecular weight excluding hydrogens is 350 g/mol. The number of nitrogens with zero attached hydrogens (tertiary/aromatic N) is 3. The van der Waals surface area contributed by atoms with E-state index in [9.17, 15) is 4.79 Å². The Morgan fingerprint density at radius 1 is 1.21 bits per heavy atom. The maximum Gasteiger partial charge on any atom is 0.271 e. The van der Waals surface area contributed by atoms with E-state index >= 15 is 0 Å². The third-order valence-corrected chi connectivity index (χ3v) is 5.60. The van der Waals surface area contributed by atoms with E-state index in [2.05, 4.69) is 47.6 Å². The topological polar surface area (TPSA) is 66.0 Å². The quantitative estimate of drug-likeness (QED) is 0.728. The summed E-state index contributed by atoms with van der Waals surface area (Å²) in [4.78, 5) is 14.9. The second kappa shape index (κ2) is 7.54. The Morgan fingerprint density at radius 2 is 2.07 bits per heavy atom. The van der Waals surface area contributed by atoms with Gasteiger partial charge in [0.15, 0.2) is 0 Å². The van der Waals surface area contributed by atoms with Gasteiger partial charge in [0.05, 0.1) is 5.69 Å². The molecule has 3 heterocycles. The van der Waals surface area contributed by atoms with Crippen LogP contribution < -0.4 is 5.32 Å². The molecule has 1 aromatic carbocycles. The monoisotopic (exact) mass is 377 g/mol. The summed E-state index contributed by atoms with van der Waals surface area (Å²) < 4.78 is 1.99. The van der Waals surface area contributed by atoms with Gasteiger partial charge in [0.1, 0.15) is 11.4 Å². The zero-order valence-corrected chi connectivity index (χ0v) is 16.7. The number of aromatic nitrogens is 3. The molecule has 0 bridgehead atoms. The highest BCUT2D eigenvalue weighted by Crippen LogP contribution is 2.22. The van der Waals surface area contributed by atoms with Crippen molar-refractivity contribution in [1.82, 2.24) is 19.7 Å². The number of rotatable bonds is 4. The Bertz CT molecular complexity index is 986. The minimum atomic E-state index is 0.0135. The first kappa shape index (κ1) is 18.3. The molecule has 2 N–H and O–H groups in total. The number of carbonyl (C=O) groups excluding carboxylic acids is 1. The standard InChI is InChI=1S/C22H27N5O/c1-15-8-9-17(12-16(15)2)23-18-6-4-11-27(14-18)22(28)20-13-19(24-25-20)21-7-5-10-26(21)3/h5,7-10,12-13,18,23H,4,6,11,14H2,1-3H3,(H,24,25)/t18-/m0/s1. The molecule has 6 nitrogen and oxygen atoms in total. The van der Waals surface area contributed by atoms with Gasteiger partial charge in [-0.1, -0.05) is 6.07 Å². The first-order chi connectivity index (χ1) is 13.5. The third-order valence-electron chi connectivity index (χ3n) is 5.60. The average Bonchev–Trinajstić information content (AvgIpc) is 3.33. The Balaban J connectivity index is 1.44. The molecule has 28 heavy (non-hydrogen) atoms. The van der Waals surface area contributed by atoms with Crippen LogP contribution in [0.3, 0.4) is 0 Å². The predicted molar refractivity (Wildman–Crippen MR) is 111 cm³/mol. The fourth-order valence-corrected chi connectivity index (χ4v) is 3.81. The summed E-state index contributed by atoms with van der Waals surface area (Å²) in [6.45, 7) is 5.72. The SMILES string of the molecule is Cc1ccc(N[C@H]2CCCN(C(=O)c3cc(-c4cccn4C)n[nH]3)C2)cc1C. The summed E-state index contributed by atoms with van der Waals surface area (Å²) in [6.07, 6.45) is 4.03. The van der Waals surface area contributed by atoms with Crippen LogP contribution in [0.4, 0.5) is 5.69 Å². The summed E-state index contributed by atoms with van der Waals surface area (Å²) in [6, 6.07) is 12.5. The van der Waals surface area contributed by atoms with Gasteiger partial charge in [-0.2, -0.15) is 5.10 Å². The molecule has 1 saturated heterocycles. The number of aryl methyl sites for hydroxylation is 3. The van der Waals surface area contributed by atoms with Gasteiger partial charge < -0.3 is 14.8 Å². The molecule has 4 rings (SSSR count). The van der Waals surface area contributed by atoms with Crippen LogP contribution in [0.5, 0.6) is 0 Å². The van der Waals surface area contributed by atoms with Gasteiger partial charge in [-0.05, 0) is 68.1 Å². The lowest BCUT2D eigenvalue weighted by Gasteiger charge is -2.33. The fourth-order valence-electron chi connectivity index (χ4n) is 3.81. The second-order valence-electron chi connectivity index (χ2n) is 7.70. The molecule has 1 amide bonds. The number of hydrogen-bond donors (Lipinski definition) is 2. The van der Waals surface area contributed by atoms with Crippen LogP contribution in [-0.4, -0.2) is 44.7 Å². The van der Waals surface area contributed by atoms with E-state index in [1.54, 1.807) is 0 Å². The number of anilines is 1. The van der Waals surface area contributed by atoms with Crippen molar-refractivity contribution >= 4 is 11.6 Å². The number of likely N-dealkylation sites (tertiary alicyclic amines) is 1. The lowest BCUT2D eigenvalue weighted by Crippen LogP contribution is -2.45. The van der Waals surface area contributed by atoms with E-state index in [0.29, 0.717) is 12.2 Å². The van der Waals surface area contributed by atoms with Crippen LogP contribution in [0.1, 0.15) is 34.5 Å². The number of benzene rings is 1. The van der Waals surface area contributed by atoms with Crippen molar-refractivity contribution < 1.29 is 4.79 Å². The van der Waals surface area contributed by atoms with Gasteiger partial charge in [0, 0.05) is 38.1 Å². The van der Waals surface area contributed by atoms with Crippen LogP contribution >= 0.6 is 0 Å². The molecular formula is C22H27N5O. The van der Waals surface area contributed by atoms with E-state index in [1.807, 2.05) is 40.9 Å². The van der Waals surface area contributed by atoms with E-state index in [0.717, 1.165) is 36.5 Å². The first-order valence-electron chi connectivity index (χ1n) is 9.81. The lowest BCUT2D eigenvalue weighted by molar-refractivity contribution is 0.0709. The number of hydrogen-bond acceptors (Lipinski definition) is 3. The molecule has 6 heteroatoms. The summed E-state index contributed by atoms with van der Waals surface area (Å²) in [5.74, 6) is 0.0135. The Morgan fingerprint density at radius 3 is 2.82 bits per heavy atom. The van der Waals surface area contributed by atoms with Gasteiger partial charge in [0.2, 0.25) is 0 Å². The van der Waals surface area contributed by atoms with Crippen LogP contribution in [0.25, 0.3) is 11.4 Å². The molecule has 0 saturated carbocycles. The van der Waals surface area contributed by atoms with Crippen molar-refractivity contribution in [2.24, 2.45) is 7.05 Å².